The van der Waals surface area contributed by atoms with Gasteiger partial charge in [0, 0.05) is 30.4 Å². The first-order valence-electron chi connectivity index (χ1n) is 9.14. The van der Waals surface area contributed by atoms with Crippen LogP contribution in [-0.2, 0) is 16.9 Å². The first-order valence-corrected chi connectivity index (χ1v) is 10.3. The molecular weight excluding hydrogens is 350 g/mol. The fourth-order valence-electron chi connectivity index (χ4n) is 3.57. The Balaban J connectivity index is 1.40. The van der Waals surface area contributed by atoms with Crippen molar-refractivity contribution in [3.8, 4) is 0 Å². The first kappa shape index (κ1) is 16.3. The predicted octanol–water partition coefficient (Wildman–Crippen LogP) is 1.75. The molecule has 0 radical (unpaired) electrons. The van der Waals surface area contributed by atoms with Crippen molar-refractivity contribution in [1.82, 2.24) is 19.7 Å². The third-order valence-electron chi connectivity index (χ3n) is 5.18. The molecule has 3 aliphatic rings. The van der Waals surface area contributed by atoms with Crippen LogP contribution in [0.4, 0.5) is 5.82 Å². The fourth-order valence-corrected chi connectivity index (χ4v) is 4.52. The van der Waals surface area contributed by atoms with Crippen LogP contribution in [0.5, 0.6) is 0 Å². The highest BCUT2D eigenvalue weighted by Crippen LogP contribution is 2.38. The molecule has 0 aromatic carbocycles. The lowest BCUT2D eigenvalue weighted by molar-refractivity contribution is 0.182. The quantitative estimate of drug-likeness (QED) is 0.877. The lowest BCUT2D eigenvalue weighted by atomic mass is 10.1. The van der Waals surface area contributed by atoms with Crippen LogP contribution in [0.25, 0.3) is 0 Å². The number of thioether (sulfide) groups is 1. The largest absolute Gasteiger partial charge is 0.377 e. The maximum atomic E-state index is 12.6. The normalized spacial score (nSPS) is 25.1. The number of ether oxygens (including phenoxy) is 1. The van der Waals surface area contributed by atoms with E-state index in [1.165, 1.54) is 12.8 Å². The van der Waals surface area contributed by atoms with E-state index >= 15 is 0 Å². The Morgan fingerprint density at radius 3 is 3.12 bits per heavy atom. The minimum Gasteiger partial charge on any atom is -0.377 e. The van der Waals surface area contributed by atoms with Gasteiger partial charge in [-0.3, -0.25) is 4.79 Å². The summed E-state index contributed by atoms with van der Waals surface area (Å²) in [4.78, 5) is 21.6. The van der Waals surface area contributed by atoms with E-state index in [0.29, 0.717) is 19.1 Å². The summed E-state index contributed by atoms with van der Waals surface area (Å²) in [7, 11) is 0. The minimum atomic E-state index is -0.123. The summed E-state index contributed by atoms with van der Waals surface area (Å²) in [6.07, 6.45) is 5.06. The second kappa shape index (κ2) is 6.66. The maximum Gasteiger partial charge on any atom is 0.267 e. The molecule has 2 atom stereocenters. The van der Waals surface area contributed by atoms with Crippen LogP contribution in [0.15, 0.2) is 23.1 Å². The summed E-state index contributed by atoms with van der Waals surface area (Å²) < 4.78 is 7.29. The second-order valence-corrected chi connectivity index (χ2v) is 8.24. The van der Waals surface area contributed by atoms with Crippen LogP contribution in [0.1, 0.15) is 41.9 Å². The van der Waals surface area contributed by atoms with Crippen molar-refractivity contribution < 1.29 is 4.74 Å². The summed E-state index contributed by atoms with van der Waals surface area (Å²) >= 11 is 1.86. The molecule has 2 fully saturated rings. The number of aryl methyl sites for hydroxylation is 1. The van der Waals surface area contributed by atoms with Crippen LogP contribution < -0.4 is 10.9 Å². The highest BCUT2D eigenvalue weighted by atomic mass is 32.2. The Kier molecular flexibility index (Phi) is 4.17. The predicted molar refractivity (Wildman–Crippen MR) is 99.6 cm³/mol. The zero-order valence-electron chi connectivity index (χ0n) is 14.4. The van der Waals surface area contributed by atoms with Crippen LogP contribution in [0.2, 0.25) is 0 Å². The van der Waals surface area contributed by atoms with E-state index in [1.54, 1.807) is 16.9 Å². The van der Waals surface area contributed by atoms with Crippen molar-refractivity contribution in [2.45, 2.75) is 43.0 Å². The summed E-state index contributed by atoms with van der Waals surface area (Å²) in [5.41, 5.74) is 2.08. The van der Waals surface area contributed by atoms with Gasteiger partial charge in [0.25, 0.3) is 5.56 Å². The van der Waals surface area contributed by atoms with Gasteiger partial charge in [0.15, 0.2) is 0 Å². The molecule has 1 saturated carbocycles. The van der Waals surface area contributed by atoms with Crippen LogP contribution in [-0.4, -0.2) is 44.8 Å². The number of nitrogens with one attached hydrogen (secondary N) is 1. The Morgan fingerprint density at radius 2 is 2.23 bits per heavy atom. The number of nitrogens with zero attached hydrogens (tertiary/aromatic N) is 4. The van der Waals surface area contributed by atoms with Crippen LogP contribution >= 0.6 is 11.8 Å². The number of anilines is 1. The van der Waals surface area contributed by atoms with Crippen molar-refractivity contribution in [3.05, 3.63) is 45.8 Å². The Labute approximate surface area is 155 Å². The summed E-state index contributed by atoms with van der Waals surface area (Å²) in [6, 6.07) is 3.47. The molecule has 1 saturated heterocycles. The van der Waals surface area contributed by atoms with Gasteiger partial charge in [0.05, 0.1) is 24.9 Å². The molecule has 1 aliphatic carbocycles. The van der Waals surface area contributed by atoms with E-state index < -0.39 is 0 Å². The summed E-state index contributed by atoms with van der Waals surface area (Å²) in [6.45, 7) is 1.02. The van der Waals surface area contributed by atoms with E-state index in [9.17, 15) is 4.79 Å². The molecule has 136 valence electrons. The van der Waals surface area contributed by atoms with E-state index in [-0.39, 0.29) is 17.6 Å². The van der Waals surface area contributed by atoms with Gasteiger partial charge in [-0.1, -0.05) is 0 Å². The molecule has 2 aliphatic heterocycles. The van der Waals surface area contributed by atoms with Crippen molar-refractivity contribution >= 4 is 17.6 Å². The van der Waals surface area contributed by atoms with Gasteiger partial charge in [0.2, 0.25) is 0 Å². The zero-order chi connectivity index (χ0) is 17.5. The number of fused-ring (bicyclic) bond motifs is 1. The molecule has 1 N–H and O–H groups in total. The topological polar surface area (TPSA) is 81.9 Å². The van der Waals surface area contributed by atoms with E-state index in [4.69, 9.17) is 4.74 Å². The van der Waals surface area contributed by atoms with E-state index in [0.717, 1.165) is 40.8 Å². The minimum absolute atomic E-state index is 0.0295. The van der Waals surface area contributed by atoms with Gasteiger partial charge in [-0.05, 0) is 30.2 Å². The van der Waals surface area contributed by atoms with E-state index in [1.807, 2.05) is 17.8 Å². The summed E-state index contributed by atoms with van der Waals surface area (Å²) in [5.74, 6) is 4.16. The van der Waals surface area contributed by atoms with Gasteiger partial charge in [-0.25, -0.2) is 14.6 Å². The number of rotatable bonds is 4. The third-order valence-corrected chi connectivity index (χ3v) is 6.19. The molecular formula is C18H21N5O2S. The zero-order valence-corrected chi connectivity index (χ0v) is 15.2. The van der Waals surface area contributed by atoms with Gasteiger partial charge >= 0.3 is 0 Å². The molecule has 0 amide bonds. The second-order valence-electron chi connectivity index (χ2n) is 7.13. The molecule has 4 heterocycles. The molecule has 5 rings (SSSR count). The maximum absolute atomic E-state index is 12.6. The fraction of sp³-hybridized carbons (Fsp3) is 0.556. The van der Waals surface area contributed by atoms with Crippen LogP contribution in [0, 0.1) is 0 Å². The Morgan fingerprint density at radius 1 is 1.31 bits per heavy atom. The number of aromatic nitrogens is 4. The summed E-state index contributed by atoms with van der Waals surface area (Å²) in [5, 5.41) is 8.12. The number of hydrogen-bond acceptors (Lipinski definition) is 7. The van der Waals surface area contributed by atoms with Crippen LogP contribution in [0.3, 0.4) is 0 Å². The molecule has 2 unspecified atom stereocenters. The monoisotopic (exact) mass is 371 g/mol. The van der Waals surface area contributed by atoms with Gasteiger partial charge in [-0.15, -0.1) is 0 Å². The van der Waals surface area contributed by atoms with Crippen molar-refractivity contribution in [1.29, 1.82) is 0 Å². The van der Waals surface area contributed by atoms with Crippen molar-refractivity contribution in [3.63, 3.8) is 0 Å². The average Bonchev–Trinajstić information content (AvgIpc) is 3.42. The Hall–Kier alpha value is -1.93. The lowest BCUT2D eigenvalue weighted by Gasteiger charge is -2.23. The van der Waals surface area contributed by atoms with Gasteiger partial charge in [0.1, 0.15) is 17.7 Å². The highest BCUT2D eigenvalue weighted by molar-refractivity contribution is 7.98. The molecule has 0 spiro atoms. The van der Waals surface area contributed by atoms with Crippen molar-refractivity contribution in [2.24, 2.45) is 0 Å². The van der Waals surface area contributed by atoms with E-state index in [2.05, 4.69) is 20.4 Å². The highest BCUT2D eigenvalue weighted by Gasteiger charge is 2.33. The molecule has 0 bridgehead atoms. The standard InChI is InChI=1S/C18H21N5O2S/c24-17-7-12-10-26-6-4-13(12)22-23(17)15-9-25-8-14(15)20-16-3-5-19-18(21-16)11-1-2-11/h3,5,7,11,14-15H,1-2,4,6,8-10H2,(H,19,20,21). The molecule has 8 heteroatoms. The smallest absolute Gasteiger partial charge is 0.267 e. The Bertz CT molecular complexity index is 882. The van der Waals surface area contributed by atoms with Crippen molar-refractivity contribution in [2.75, 3.05) is 24.3 Å². The molecule has 2 aromatic rings. The molecule has 26 heavy (non-hydrogen) atoms. The third kappa shape index (κ3) is 3.12. The molecule has 7 nitrogen and oxygen atoms in total. The number of hydrogen-bond donors (Lipinski definition) is 1. The van der Waals surface area contributed by atoms with Gasteiger partial charge < -0.3 is 10.1 Å². The average molecular weight is 371 g/mol. The molecule has 2 aromatic heterocycles. The first-order chi connectivity index (χ1) is 12.8. The van der Waals surface area contributed by atoms with Gasteiger partial charge in [-0.2, -0.15) is 16.9 Å². The lowest BCUT2D eigenvalue weighted by Crippen LogP contribution is -2.38. The SMILES string of the molecule is O=c1cc2c(nn1C1COCC1Nc1ccnc(C3CC3)n1)CCSC2.